The Morgan fingerprint density at radius 1 is 1.39 bits per heavy atom. The molecule has 0 aliphatic carbocycles. The number of hydrogen-bond acceptors (Lipinski definition) is 4. The van der Waals surface area contributed by atoms with E-state index in [4.69, 9.17) is 14.6 Å². The zero-order valence-corrected chi connectivity index (χ0v) is 10.5. The maximum atomic E-state index is 11.9. The zero-order chi connectivity index (χ0) is 13.2. The van der Waals surface area contributed by atoms with Crippen LogP contribution in [-0.2, 0) is 0 Å². The molecule has 1 aromatic rings. The summed E-state index contributed by atoms with van der Waals surface area (Å²) >= 11 is 0. The van der Waals surface area contributed by atoms with E-state index < -0.39 is 0 Å². The molecule has 0 saturated heterocycles. The van der Waals surface area contributed by atoms with Crippen molar-refractivity contribution < 1.29 is 19.4 Å². The molecule has 0 fully saturated rings. The van der Waals surface area contributed by atoms with Crippen LogP contribution in [0.3, 0.4) is 0 Å². The normalized spacial score (nSPS) is 13.5. The van der Waals surface area contributed by atoms with Crippen molar-refractivity contribution in [2.24, 2.45) is 5.41 Å². The van der Waals surface area contributed by atoms with Gasteiger partial charge in [0, 0.05) is 24.1 Å². The number of carbonyl (C=O) groups is 1. The summed E-state index contributed by atoms with van der Waals surface area (Å²) in [6.07, 6.45) is 0. The molecule has 1 amide bonds. The number of benzene rings is 1. The van der Waals surface area contributed by atoms with Crippen LogP contribution in [0.15, 0.2) is 18.2 Å². The first kappa shape index (κ1) is 12.7. The van der Waals surface area contributed by atoms with Gasteiger partial charge in [0.05, 0.1) is 0 Å². The topological polar surface area (TPSA) is 67.8 Å². The molecule has 2 rings (SSSR count). The number of rotatable bonds is 4. The largest absolute Gasteiger partial charge is 0.454 e. The Labute approximate surface area is 106 Å². The molecule has 0 aromatic heterocycles. The molecule has 0 unspecified atom stereocenters. The second-order valence-corrected chi connectivity index (χ2v) is 5.07. The molecule has 18 heavy (non-hydrogen) atoms. The van der Waals surface area contributed by atoms with Gasteiger partial charge < -0.3 is 19.9 Å². The van der Waals surface area contributed by atoms with Gasteiger partial charge in [-0.05, 0) is 18.2 Å². The van der Waals surface area contributed by atoms with Gasteiger partial charge in [-0.1, -0.05) is 13.8 Å². The highest BCUT2D eigenvalue weighted by molar-refractivity contribution is 5.94. The molecule has 1 aromatic carbocycles. The summed E-state index contributed by atoms with van der Waals surface area (Å²) in [5.74, 6) is 1.06. The van der Waals surface area contributed by atoms with Gasteiger partial charge in [-0.25, -0.2) is 0 Å². The number of aliphatic hydroxyl groups is 1. The van der Waals surface area contributed by atoms with Gasteiger partial charge in [-0.15, -0.1) is 0 Å². The second-order valence-electron chi connectivity index (χ2n) is 5.07. The SMILES string of the molecule is CC(C)(CO)CNC(=O)c1ccc2c(c1)OCO2. The lowest BCUT2D eigenvalue weighted by molar-refractivity contribution is 0.0910. The molecular weight excluding hydrogens is 234 g/mol. The molecule has 0 atom stereocenters. The fourth-order valence-electron chi connectivity index (χ4n) is 1.52. The predicted octanol–water partition coefficient (Wildman–Crippen LogP) is 1.16. The summed E-state index contributed by atoms with van der Waals surface area (Å²) in [5, 5.41) is 11.9. The first-order valence-electron chi connectivity index (χ1n) is 5.80. The van der Waals surface area contributed by atoms with Gasteiger partial charge in [0.15, 0.2) is 11.5 Å². The molecular formula is C13H17NO4. The average molecular weight is 251 g/mol. The van der Waals surface area contributed by atoms with E-state index in [2.05, 4.69) is 5.32 Å². The third kappa shape index (κ3) is 2.73. The van der Waals surface area contributed by atoms with Crippen molar-refractivity contribution in [3.63, 3.8) is 0 Å². The summed E-state index contributed by atoms with van der Waals surface area (Å²) < 4.78 is 10.4. The maximum absolute atomic E-state index is 11.9. The lowest BCUT2D eigenvalue weighted by Crippen LogP contribution is -2.36. The first-order valence-corrected chi connectivity index (χ1v) is 5.80. The predicted molar refractivity (Wildman–Crippen MR) is 65.8 cm³/mol. The van der Waals surface area contributed by atoms with E-state index in [1.807, 2.05) is 13.8 Å². The standard InChI is InChI=1S/C13H17NO4/c1-13(2,7-15)6-14-12(16)9-3-4-10-11(5-9)18-8-17-10/h3-5,15H,6-8H2,1-2H3,(H,14,16). The summed E-state index contributed by atoms with van der Waals surface area (Å²) in [7, 11) is 0. The lowest BCUT2D eigenvalue weighted by Gasteiger charge is -2.21. The highest BCUT2D eigenvalue weighted by atomic mass is 16.7. The van der Waals surface area contributed by atoms with Crippen LogP contribution < -0.4 is 14.8 Å². The highest BCUT2D eigenvalue weighted by Crippen LogP contribution is 2.32. The Morgan fingerprint density at radius 2 is 2.11 bits per heavy atom. The van der Waals surface area contributed by atoms with E-state index in [9.17, 15) is 4.79 Å². The summed E-state index contributed by atoms with van der Waals surface area (Å²) in [6.45, 7) is 4.39. The van der Waals surface area contributed by atoms with Crippen LogP contribution in [0.2, 0.25) is 0 Å². The summed E-state index contributed by atoms with van der Waals surface area (Å²) in [5.41, 5.74) is 0.194. The Morgan fingerprint density at radius 3 is 2.83 bits per heavy atom. The number of fused-ring (bicyclic) bond motifs is 1. The third-order valence-electron chi connectivity index (χ3n) is 2.79. The summed E-state index contributed by atoms with van der Waals surface area (Å²) in [6, 6.07) is 5.06. The fourth-order valence-corrected chi connectivity index (χ4v) is 1.52. The Hall–Kier alpha value is -1.75. The molecule has 98 valence electrons. The average Bonchev–Trinajstić information content (AvgIpc) is 2.83. The van der Waals surface area contributed by atoms with Crippen molar-refractivity contribution in [3.8, 4) is 11.5 Å². The number of aliphatic hydroxyl groups excluding tert-OH is 1. The van der Waals surface area contributed by atoms with Crippen LogP contribution in [-0.4, -0.2) is 31.0 Å². The van der Waals surface area contributed by atoms with Gasteiger partial charge in [0.1, 0.15) is 0 Å². The van der Waals surface area contributed by atoms with Gasteiger partial charge in [-0.2, -0.15) is 0 Å². The third-order valence-corrected chi connectivity index (χ3v) is 2.79. The van der Waals surface area contributed by atoms with Gasteiger partial charge in [0.25, 0.3) is 5.91 Å². The molecule has 0 saturated carbocycles. The summed E-state index contributed by atoms with van der Waals surface area (Å²) in [4.78, 5) is 11.9. The molecule has 1 heterocycles. The van der Waals surface area contributed by atoms with Crippen LogP contribution in [0.1, 0.15) is 24.2 Å². The van der Waals surface area contributed by atoms with E-state index >= 15 is 0 Å². The molecule has 5 heteroatoms. The fraction of sp³-hybridized carbons (Fsp3) is 0.462. The van der Waals surface area contributed by atoms with E-state index in [1.54, 1.807) is 18.2 Å². The molecule has 0 spiro atoms. The van der Waals surface area contributed by atoms with Gasteiger partial charge in [0.2, 0.25) is 6.79 Å². The van der Waals surface area contributed by atoms with E-state index in [0.717, 1.165) is 0 Å². The first-order chi connectivity index (χ1) is 8.52. The quantitative estimate of drug-likeness (QED) is 0.842. The Balaban J connectivity index is 2.01. The van der Waals surface area contributed by atoms with E-state index in [0.29, 0.717) is 23.6 Å². The van der Waals surface area contributed by atoms with Crippen molar-refractivity contribution in [2.75, 3.05) is 19.9 Å². The number of nitrogens with one attached hydrogen (secondary N) is 1. The zero-order valence-electron chi connectivity index (χ0n) is 10.5. The molecule has 0 bridgehead atoms. The van der Waals surface area contributed by atoms with Crippen molar-refractivity contribution in [1.29, 1.82) is 0 Å². The van der Waals surface area contributed by atoms with Crippen LogP contribution in [0.5, 0.6) is 11.5 Å². The molecule has 1 aliphatic heterocycles. The molecule has 5 nitrogen and oxygen atoms in total. The second kappa shape index (κ2) is 4.86. The van der Waals surface area contributed by atoms with Crippen molar-refractivity contribution in [3.05, 3.63) is 23.8 Å². The van der Waals surface area contributed by atoms with Gasteiger partial charge >= 0.3 is 0 Å². The lowest BCUT2D eigenvalue weighted by atomic mass is 9.95. The Kier molecular flexibility index (Phi) is 3.43. The smallest absolute Gasteiger partial charge is 0.251 e. The highest BCUT2D eigenvalue weighted by Gasteiger charge is 2.20. The van der Waals surface area contributed by atoms with E-state index in [-0.39, 0.29) is 24.7 Å². The minimum Gasteiger partial charge on any atom is -0.454 e. The number of ether oxygens (including phenoxy) is 2. The van der Waals surface area contributed by atoms with E-state index in [1.165, 1.54) is 0 Å². The van der Waals surface area contributed by atoms with Crippen LogP contribution >= 0.6 is 0 Å². The Bertz CT molecular complexity index is 456. The molecule has 0 radical (unpaired) electrons. The van der Waals surface area contributed by atoms with Gasteiger partial charge in [-0.3, -0.25) is 4.79 Å². The van der Waals surface area contributed by atoms with Crippen molar-refractivity contribution >= 4 is 5.91 Å². The minimum atomic E-state index is -0.327. The minimum absolute atomic E-state index is 0.0222. The molecule has 2 N–H and O–H groups in total. The number of hydrogen-bond donors (Lipinski definition) is 2. The monoisotopic (exact) mass is 251 g/mol. The van der Waals surface area contributed by atoms with Crippen LogP contribution in [0.4, 0.5) is 0 Å². The maximum Gasteiger partial charge on any atom is 0.251 e. The number of amides is 1. The molecule has 1 aliphatic rings. The van der Waals surface area contributed by atoms with Crippen LogP contribution in [0, 0.1) is 5.41 Å². The van der Waals surface area contributed by atoms with Crippen molar-refractivity contribution in [2.45, 2.75) is 13.8 Å². The van der Waals surface area contributed by atoms with Crippen molar-refractivity contribution in [1.82, 2.24) is 5.32 Å². The van der Waals surface area contributed by atoms with Crippen LogP contribution in [0.25, 0.3) is 0 Å². The number of carbonyl (C=O) groups excluding carboxylic acids is 1.